The van der Waals surface area contributed by atoms with Gasteiger partial charge in [-0.05, 0) is 24.6 Å². The van der Waals surface area contributed by atoms with E-state index in [1.165, 1.54) is 11.3 Å². The first-order valence-corrected chi connectivity index (χ1v) is 6.97. The van der Waals surface area contributed by atoms with Crippen molar-refractivity contribution in [3.05, 3.63) is 45.9 Å². The molecule has 1 aromatic heterocycles. The van der Waals surface area contributed by atoms with Crippen molar-refractivity contribution in [2.75, 3.05) is 19.4 Å². The minimum Gasteiger partial charge on any atom is -0.387 e. The number of aromatic nitrogens is 1. The van der Waals surface area contributed by atoms with Crippen LogP contribution in [0.25, 0.3) is 0 Å². The van der Waals surface area contributed by atoms with Crippen molar-refractivity contribution in [1.82, 2.24) is 9.88 Å². The van der Waals surface area contributed by atoms with Gasteiger partial charge in [0.2, 0.25) is 0 Å². The Morgan fingerprint density at radius 3 is 2.89 bits per heavy atom. The van der Waals surface area contributed by atoms with Crippen LogP contribution in [0.3, 0.4) is 0 Å². The van der Waals surface area contributed by atoms with Crippen LogP contribution in [0.4, 0.5) is 5.69 Å². The van der Waals surface area contributed by atoms with E-state index >= 15 is 0 Å². The zero-order chi connectivity index (χ0) is 13.8. The lowest BCUT2D eigenvalue weighted by Gasteiger charge is -2.18. The number of anilines is 1. The highest BCUT2D eigenvalue weighted by Crippen LogP contribution is 2.19. The molecule has 1 amide bonds. The predicted octanol–water partition coefficient (Wildman–Crippen LogP) is 2.77. The summed E-state index contributed by atoms with van der Waals surface area (Å²) in [5.41, 5.74) is 5.36. The normalized spacial score (nSPS) is 10.3. The Kier molecular flexibility index (Phi) is 4.16. The Bertz CT molecular complexity index is 566. The van der Waals surface area contributed by atoms with Gasteiger partial charge >= 0.3 is 0 Å². The highest BCUT2D eigenvalue weighted by Gasteiger charge is 2.16. The smallest absolute Gasteiger partial charge is 0.256 e. The predicted molar refractivity (Wildman–Crippen MR) is 78.6 cm³/mol. The molecular weight excluding hydrogens is 258 g/mol. The average molecular weight is 275 g/mol. The van der Waals surface area contributed by atoms with Crippen molar-refractivity contribution in [1.29, 1.82) is 0 Å². The molecule has 0 saturated carbocycles. The van der Waals surface area contributed by atoms with Crippen LogP contribution in [0.2, 0.25) is 0 Å². The topological polar surface area (TPSA) is 45.2 Å². The van der Waals surface area contributed by atoms with Gasteiger partial charge in [0.1, 0.15) is 0 Å². The number of aryl methyl sites for hydroxylation is 1. The Balaban J connectivity index is 2.19. The highest BCUT2D eigenvalue weighted by atomic mass is 32.1. The summed E-state index contributed by atoms with van der Waals surface area (Å²) in [5, 5.41) is 5.03. The van der Waals surface area contributed by atoms with Crippen molar-refractivity contribution in [3.8, 4) is 0 Å². The van der Waals surface area contributed by atoms with E-state index in [-0.39, 0.29) is 5.91 Å². The van der Waals surface area contributed by atoms with E-state index in [9.17, 15) is 4.79 Å². The molecular formula is C14H17N3OS. The van der Waals surface area contributed by atoms with Gasteiger partial charge in [-0.25, -0.2) is 4.98 Å². The fourth-order valence-electron chi connectivity index (χ4n) is 1.89. The first-order chi connectivity index (χ1) is 9.11. The number of carbonyl (C=O) groups is 1. The lowest BCUT2D eigenvalue weighted by atomic mass is 10.1. The average Bonchev–Trinajstić information content (AvgIpc) is 2.90. The fraction of sp³-hybridized carbons (Fsp3) is 0.286. The van der Waals surface area contributed by atoms with Crippen LogP contribution in [-0.4, -0.2) is 29.9 Å². The minimum atomic E-state index is -0.00245. The molecule has 19 heavy (non-hydrogen) atoms. The molecule has 0 aliphatic heterocycles. The molecule has 1 aromatic carbocycles. The molecule has 0 aliphatic carbocycles. The third-order valence-corrected chi connectivity index (χ3v) is 3.54. The summed E-state index contributed by atoms with van der Waals surface area (Å²) in [6, 6.07) is 5.79. The number of nitrogens with one attached hydrogen (secondary N) is 1. The van der Waals surface area contributed by atoms with Gasteiger partial charge in [0.25, 0.3) is 5.91 Å². The lowest BCUT2D eigenvalue weighted by Crippen LogP contribution is -2.27. The van der Waals surface area contributed by atoms with Gasteiger partial charge in [-0.15, -0.1) is 11.3 Å². The summed E-state index contributed by atoms with van der Waals surface area (Å²) in [6.45, 7) is 2.54. The molecule has 0 saturated heterocycles. The Morgan fingerprint density at radius 2 is 2.26 bits per heavy atom. The summed E-state index contributed by atoms with van der Waals surface area (Å²) in [7, 11) is 3.62. The number of amides is 1. The second-order valence-corrected chi connectivity index (χ2v) is 5.16. The number of nitrogens with zero attached hydrogens (tertiary/aromatic N) is 2. The van der Waals surface area contributed by atoms with E-state index in [1.54, 1.807) is 17.5 Å². The zero-order valence-corrected chi connectivity index (χ0v) is 12.1. The molecule has 5 heteroatoms. The molecule has 0 bridgehead atoms. The van der Waals surface area contributed by atoms with E-state index in [2.05, 4.69) is 10.3 Å². The Hall–Kier alpha value is -1.88. The van der Waals surface area contributed by atoms with E-state index in [0.717, 1.165) is 16.9 Å². The molecule has 4 nitrogen and oxygen atoms in total. The van der Waals surface area contributed by atoms with Crippen LogP contribution in [0.5, 0.6) is 0 Å². The van der Waals surface area contributed by atoms with Crippen LogP contribution >= 0.6 is 11.3 Å². The Labute approximate surface area is 117 Å². The standard InChI is InChI=1S/C14H17N3OS/c1-10-4-5-12(13(6-10)15-2)14(18)17(3)7-11-8-19-9-16-11/h4-6,8-9,15H,7H2,1-3H3. The van der Waals surface area contributed by atoms with E-state index in [1.807, 2.05) is 37.6 Å². The van der Waals surface area contributed by atoms with Crippen molar-refractivity contribution >= 4 is 22.9 Å². The van der Waals surface area contributed by atoms with Crippen molar-refractivity contribution in [3.63, 3.8) is 0 Å². The van der Waals surface area contributed by atoms with Crippen LogP contribution in [-0.2, 0) is 6.54 Å². The fourth-order valence-corrected chi connectivity index (χ4v) is 2.44. The molecule has 0 aliphatic rings. The van der Waals surface area contributed by atoms with Crippen molar-refractivity contribution in [2.24, 2.45) is 0 Å². The van der Waals surface area contributed by atoms with Gasteiger partial charge in [-0.1, -0.05) is 6.07 Å². The van der Waals surface area contributed by atoms with E-state index in [4.69, 9.17) is 0 Å². The highest BCUT2D eigenvalue weighted by molar-refractivity contribution is 7.07. The largest absolute Gasteiger partial charge is 0.387 e. The molecule has 2 aromatic rings. The SMILES string of the molecule is CNc1cc(C)ccc1C(=O)N(C)Cc1cscn1. The summed E-state index contributed by atoms with van der Waals surface area (Å²) in [6.07, 6.45) is 0. The zero-order valence-electron chi connectivity index (χ0n) is 11.3. The molecule has 0 atom stereocenters. The van der Waals surface area contributed by atoms with Gasteiger partial charge in [0, 0.05) is 25.2 Å². The maximum absolute atomic E-state index is 12.4. The molecule has 0 unspecified atom stereocenters. The summed E-state index contributed by atoms with van der Waals surface area (Å²) in [5.74, 6) is -0.00245. The number of hydrogen-bond acceptors (Lipinski definition) is 4. The molecule has 1 heterocycles. The van der Waals surface area contributed by atoms with Crippen LogP contribution in [0, 0.1) is 6.92 Å². The first-order valence-electron chi connectivity index (χ1n) is 6.02. The number of thiazole rings is 1. The van der Waals surface area contributed by atoms with Crippen LogP contribution in [0.1, 0.15) is 21.6 Å². The number of carbonyl (C=O) groups excluding carboxylic acids is 1. The van der Waals surface area contributed by atoms with Gasteiger partial charge in [-0.2, -0.15) is 0 Å². The summed E-state index contributed by atoms with van der Waals surface area (Å²) in [4.78, 5) is 18.3. The van der Waals surface area contributed by atoms with Crippen LogP contribution in [0.15, 0.2) is 29.1 Å². The molecule has 0 fully saturated rings. The molecule has 1 N–H and O–H groups in total. The van der Waals surface area contributed by atoms with Crippen LogP contribution < -0.4 is 5.32 Å². The first kappa shape index (κ1) is 13.5. The lowest BCUT2D eigenvalue weighted by molar-refractivity contribution is 0.0784. The Morgan fingerprint density at radius 1 is 1.47 bits per heavy atom. The number of benzene rings is 1. The number of rotatable bonds is 4. The van der Waals surface area contributed by atoms with Gasteiger partial charge in [0.15, 0.2) is 0 Å². The summed E-state index contributed by atoms with van der Waals surface area (Å²) < 4.78 is 0. The van der Waals surface area contributed by atoms with Crippen molar-refractivity contribution < 1.29 is 4.79 Å². The molecule has 100 valence electrons. The number of hydrogen-bond donors (Lipinski definition) is 1. The summed E-state index contributed by atoms with van der Waals surface area (Å²) >= 11 is 1.54. The monoisotopic (exact) mass is 275 g/mol. The third kappa shape index (κ3) is 3.12. The second-order valence-electron chi connectivity index (χ2n) is 4.44. The van der Waals surface area contributed by atoms with Gasteiger partial charge in [0.05, 0.1) is 23.3 Å². The second kappa shape index (κ2) is 5.84. The molecule has 0 radical (unpaired) electrons. The molecule has 2 rings (SSSR count). The van der Waals surface area contributed by atoms with Crippen molar-refractivity contribution in [2.45, 2.75) is 13.5 Å². The maximum Gasteiger partial charge on any atom is 0.256 e. The van der Waals surface area contributed by atoms with E-state index in [0.29, 0.717) is 12.1 Å². The van der Waals surface area contributed by atoms with Gasteiger partial charge < -0.3 is 10.2 Å². The maximum atomic E-state index is 12.4. The van der Waals surface area contributed by atoms with Gasteiger partial charge in [-0.3, -0.25) is 4.79 Å². The quantitative estimate of drug-likeness (QED) is 0.933. The third-order valence-electron chi connectivity index (χ3n) is 2.90. The molecule has 0 spiro atoms. The van der Waals surface area contributed by atoms with E-state index < -0.39 is 0 Å². The minimum absolute atomic E-state index is 0.00245.